The number of ketones is 1. The minimum absolute atomic E-state index is 0. The van der Waals surface area contributed by atoms with Gasteiger partial charge in [-0.2, -0.15) is 0 Å². The van der Waals surface area contributed by atoms with Crippen LogP contribution in [0.4, 0.5) is 17.1 Å². The zero-order valence-electron chi connectivity index (χ0n) is 65.0. The van der Waals surface area contributed by atoms with Gasteiger partial charge in [-0.05, 0) is 141 Å². The standard InChI is InChI=1S/C46H34N4.C24H18N.C17H10NO.C11H8N.C5H8O2.2Ir.Pt/c1-45(2)36-19-11-17-34-35-18-12-20-37-43(35)50(42(34)36)44-38(45)27-33(28-39(44)46(37,3)4)49(31-15-9-13-29(25-31)40-21-5-7-23-47-40)32-16-10-14-30(26-32)41-22-6-8-24-48-41;1-24(2)20-9-5-4-8-18(20)19-13-11-17(15-21(19)24)23-14-12-16-7-3-6-10-22(16)25-23;1-2-6-12(7-3-1)15-10-17-14(11-18-15)13-8-4-5-9-16(13)19-17;1-2-6-10(7-3-1)11-8-4-5-9-12-11;1-4(6)3-5(2)7;;;/h5-24,27-28H,1-4H3;3-10,12-15H,1-2H3;1-6,8-11H;1-6,8-9H;3,6H,1-2H3;;;/q-2;3*-1;;;;+2. The SMILES string of the molecule is CC(=O)C=C(C)O.CC1(C)c2cc(N(c3[c-]c(-c4ccccn4)ccc3)c3[c-]c(-c4ccccn4)ccc3)cc3c2-n2c4c1cccc4c1cccc(c12)C3(C)C.CC1(C)c2ccccc2-c2c[c-]c(-c3ccc4ccccc4n3)cc21.[Ir].[Ir].[Pt+2].[c-]1ccccc1-c1cc2oc3ccccc3c2cn1.[c-]1ccccc1-c1ccccn1. The van der Waals surface area contributed by atoms with Gasteiger partial charge in [0.2, 0.25) is 0 Å². The summed E-state index contributed by atoms with van der Waals surface area (Å²) in [7, 11) is 0. The Hall–Kier alpha value is -12.0. The third-order valence-electron chi connectivity index (χ3n) is 21.7. The quantitative estimate of drug-likeness (QED) is 0.0855. The molecule has 10 nitrogen and oxygen atoms in total. The molecule has 116 heavy (non-hydrogen) atoms. The molecule has 0 unspecified atom stereocenters. The Labute approximate surface area is 717 Å². The van der Waals surface area contributed by atoms with Crippen LogP contribution in [0.1, 0.15) is 88.8 Å². The Bertz CT molecular complexity index is 6450. The van der Waals surface area contributed by atoms with E-state index < -0.39 is 0 Å². The van der Waals surface area contributed by atoms with E-state index in [1.54, 1.807) is 6.20 Å². The van der Waals surface area contributed by atoms with Crippen molar-refractivity contribution in [3.05, 3.63) is 392 Å². The molecule has 2 radical (unpaired) electrons. The van der Waals surface area contributed by atoms with E-state index in [2.05, 4.69) is 253 Å². The van der Waals surface area contributed by atoms with Crippen molar-refractivity contribution in [1.82, 2.24) is 29.5 Å². The summed E-state index contributed by atoms with van der Waals surface area (Å²) in [6.07, 6.45) is 8.50. The number of benzene rings is 11. The monoisotopic (exact) mass is 2040 g/mol. The zero-order valence-corrected chi connectivity index (χ0v) is 72.0. The van der Waals surface area contributed by atoms with Crippen LogP contribution in [-0.2, 0) is 82.3 Å². The van der Waals surface area contributed by atoms with E-state index in [0.29, 0.717) is 0 Å². The smallest absolute Gasteiger partial charge is 0.512 e. The van der Waals surface area contributed by atoms with Gasteiger partial charge in [0.05, 0.1) is 28.0 Å². The maximum absolute atomic E-state index is 10.0. The summed E-state index contributed by atoms with van der Waals surface area (Å²) in [6, 6.07) is 118. The molecule has 7 aromatic heterocycles. The topological polar surface area (TPSA) is 123 Å². The average molecular weight is 2040 g/mol. The molecule has 0 amide bonds. The molecular formula is C103H78Ir2N7O3Pt-3. The van der Waals surface area contributed by atoms with E-state index in [1.165, 1.54) is 97.3 Å². The molecule has 9 heterocycles. The fraction of sp³-hybridized carbons (Fsp3) is 0.107. The Balaban J connectivity index is 0.000000139. The molecule has 0 saturated heterocycles. The van der Waals surface area contributed by atoms with E-state index >= 15 is 0 Å². The molecule has 574 valence electrons. The van der Waals surface area contributed by atoms with Gasteiger partial charge in [-0.15, -0.1) is 161 Å². The Kier molecular flexibility index (Phi) is 23.5. The van der Waals surface area contributed by atoms with Gasteiger partial charge in [0.25, 0.3) is 0 Å². The molecule has 0 saturated carbocycles. The number of carbonyl (C=O) groups excluding carboxylic acids is 1. The van der Waals surface area contributed by atoms with Gasteiger partial charge in [0.15, 0.2) is 5.78 Å². The minimum Gasteiger partial charge on any atom is -0.512 e. The normalized spacial score (nSPS) is 12.9. The van der Waals surface area contributed by atoms with Crippen molar-refractivity contribution in [1.29, 1.82) is 0 Å². The van der Waals surface area contributed by atoms with Crippen LogP contribution >= 0.6 is 0 Å². The number of aliphatic hydroxyl groups is 1. The number of aromatic nitrogens is 6. The number of fused-ring (bicyclic) bond motifs is 8. The van der Waals surface area contributed by atoms with E-state index in [0.717, 1.165) is 101 Å². The molecule has 1 N–H and O–H groups in total. The Morgan fingerprint density at radius 2 is 0.922 bits per heavy atom. The van der Waals surface area contributed by atoms with Crippen LogP contribution in [0.3, 0.4) is 0 Å². The number of para-hydroxylation sites is 4. The number of nitrogens with zero attached hydrogens (tertiary/aromatic N) is 7. The van der Waals surface area contributed by atoms with Crippen molar-refractivity contribution in [2.24, 2.45) is 0 Å². The van der Waals surface area contributed by atoms with Gasteiger partial charge in [0.1, 0.15) is 11.2 Å². The fourth-order valence-corrected chi connectivity index (χ4v) is 16.2. The van der Waals surface area contributed by atoms with Crippen molar-refractivity contribution < 1.29 is 75.6 Å². The van der Waals surface area contributed by atoms with Crippen LogP contribution < -0.4 is 4.90 Å². The predicted molar refractivity (Wildman–Crippen MR) is 459 cm³/mol. The molecule has 0 spiro atoms. The number of hydrogen-bond acceptors (Lipinski definition) is 9. The molecule has 0 fully saturated rings. The summed E-state index contributed by atoms with van der Waals surface area (Å²) in [5, 5.41) is 14.3. The first-order valence-corrected chi connectivity index (χ1v) is 37.9. The van der Waals surface area contributed by atoms with E-state index in [1.807, 2.05) is 158 Å². The van der Waals surface area contributed by atoms with Crippen molar-refractivity contribution >= 4 is 77.5 Å². The van der Waals surface area contributed by atoms with E-state index in [9.17, 15) is 4.79 Å². The van der Waals surface area contributed by atoms with Gasteiger partial charge < -0.3 is 38.9 Å². The molecular weight excluding hydrogens is 1960 g/mol. The first kappa shape index (κ1) is 80.6. The van der Waals surface area contributed by atoms with Crippen molar-refractivity contribution in [2.45, 2.75) is 71.6 Å². The number of aliphatic hydroxyl groups excluding tert-OH is 1. The summed E-state index contributed by atoms with van der Waals surface area (Å²) in [5.41, 5.74) is 29.5. The number of furan rings is 1. The van der Waals surface area contributed by atoms with Crippen LogP contribution in [0, 0.1) is 30.3 Å². The molecule has 0 bridgehead atoms. The second kappa shape index (κ2) is 33.8. The predicted octanol–water partition coefficient (Wildman–Crippen LogP) is 25.3. The van der Waals surface area contributed by atoms with Crippen LogP contribution in [0.5, 0.6) is 0 Å². The molecule has 11 aromatic carbocycles. The minimum atomic E-state index is -0.248. The summed E-state index contributed by atoms with van der Waals surface area (Å²) >= 11 is 0. The second-order valence-electron chi connectivity index (χ2n) is 30.1. The number of rotatable bonds is 9. The Morgan fingerprint density at radius 3 is 1.48 bits per heavy atom. The molecule has 0 atom stereocenters. The van der Waals surface area contributed by atoms with Crippen molar-refractivity contribution in [3.8, 4) is 73.1 Å². The number of carbonyl (C=O) groups is 1. The summed E-state index contributed by atoms with van der Waals surface area (Å²) in [4.78, 5) is 35.2. The third-order valence-corrected chi connectivity index (χ3v) is 21.7. The average Bonchev–Trinajstić information content (AvgIpc) is 1.46. The molecule has 2 aliphatic heterocycles. The number of allylic oxidation sites excluding steroid dienone is 2. The van der Waals surface area contributed by atoms with Crippen molar-refractivity contribution in [2.75, 3.05) is 4.90 Å². The maximum Gasteiger partial charge on any atom is 2.00 e. The second-order valence-corrected chi connectivity index (χ2v) is 30.1. The third kappa shape index (κ3) is 15.4. The van der Waals surface area contributed by atoms with Crippen LogP contribution in [0.25, 0.3) is 128 Å². The molecule has 21 rings (SSSR count). The first-order chi connectivity index (χ1) is 55.0. The molecule has 18 aromatic rings. The zero-order chi connectivity index (χ0) is 77.5. The van der Waals surface area contributed by atoms with Crippen LogP contribution in [0.15, 0.2) is 332 Å². The first-order valence-electron chi connectivity index (χ1n) is 37.9. The Morgan fingerprint density at radius 1 is 0.422 bits per heavy atom. The van der Waals surface area contributed by atoms with Crippen LogP contribution in [-0.4, -0.2) is 40.4 Å². The summed E-state index contributed by atoms with van der Waals surface area (Å²) < 4.78 is 8.44. The van der Waals surface area contributed by atoms with Crippen LogP contribution in [0.2, 0.25) is 0 Å². The molecule has 13 heteroatoms. The van der Waals surface area contributed by atoms with Crippen molar-refractivity contribution in [3.63, 3.8) is 0 Å². The molecule has 1 aliphatic carbocycles. The maximum atomic E-state index is 10.0. The van der Waals surface area contributed by atoms with Gasteiger partial charge >= 0.3 is 21.1 Å². The number of anilines is 3. The van der Waals surface area contributed by atoms with E-state index in [4.69, 9.17) is 14.5 Å². The number of hydrogen-bond donors (Lipinski definition) is 1. The van der Waals surface area contributed by atoms with Gasteiger partial charge in [-0.25, -0.2) is 0 Å². The van der Waals surface area contributed by atoms with E-state index in [-0.39, 0.29) is 89.1 Å². The van der Waals surface area contributed by atoms with Gasteiger partial charge in [-0.1, -0.05) is 198 Å². The molecule has 3 aliphatic rings. The van der Waals surface area contributed by atoms with Gasteiger partial charge in [-0.3, -0.25) is 9.78 Å². The fourth-order valence-electron chi connectivity index (χ4n) is 16.2. The summed E-state index contributed by atoms with van der Waals surface area (Å²) in [5.74, 6) is -0.0625. The largest absolute Gasteiger partial charge is 2.00 e. The van der Waals surface area contributed by atoms with Gasteiger partial charge in [0, 0.05) is 109 Å². The number of pyridine rings is 5. The summed E-state index contributed by atoms with van der Waals surface area (Å²) in [6.45, 7) is 17.0.